The fourth-order valence-electron chi connectivity index (χ4n) is 1.43. The lowest BCUT2D eigenvalue weighted by Crippen LogP contribution is -2.16. The summed E-state index contributed by atoms with van der Waals surface area (Å²) in [5.41, 5.74) is 2.16. The van der Waals surface area contributed by atoms with Crippen LogP contribution in [0.3, 0.4) is 0 Å². The summed E-state index contributed by atoms with van der Waals surface area (Å²) >= 11 is 1.40. The first-order chi connectivity index (χ1) is 7.31. The zero-order valence-corrected chi connectivity index (χ0v) is 9.45. The van der Waals surface area contributed by atoms with E-state index in [1.807, 2.05) is 26.2 Å². The third-order valence-corrected chi connectivity index (χ3v) is 2.95. The van der Waals surface area contributed by atoms with E-state index in [0.29, 0.717) is 0 Å². The van der Waals surface area contributed by atoms with Gasteiger partial charge in [0.1, 0.15) is 0 Å². The van der Waals surface area contributed by atoms with Crippen molar-refractivity contribution in [2.45, 2.75) is 13.0 Å². The van der Waals surface area contributed by atoms with Crippen molar-refractivity contribution in [1.82, 2.24) is 19.9 Å². The zero-order valence-electron chi connectivity index (χ0n) is 8.64. The molecule has 15 heavy (non-hydrogen) atoms. The van der Waals surface area contributed by atoms with Gasteiger partial charge in [0.15, 0.2) is 0 Å². The number of nitrogens with one attached hydrogen (secondary N) is 1. The molecule has 2 heterocycles. The fraction of sp³-hybridized carbons (Fsp3) is 0.300. The molecule has 0 aromatic carbocycles. The highest BCUT2D eigenvalue weighted by atomic mass is 32.1. The van der Waals surface area contributed by atoms with Gasteiger partial charge >= 0.3 is 0 Å². The van der Waals surface area contributed by atoms with Gasteiger partial charge in [0.05, 0.1) is 17.1 Å². The minimum atomic E-state index is 0.137. The number of hydrogen-bond acceptors (Lipinski definition) is 5. The number of aromatic nitrogens is 3. The molecule has 0 fully saturated rings. The second-order valence-electron chi connectivity index (χ2n) is 3.27. The molecule has 2 rings (SSSR count). The summed E-state index contributed by atoms with van der Waals surface area (Å²) in [4.78, 5) is 5.38. The molecule has 0 saturated heterocycles. The molecule has 0 bridgehead atoms. The highest BCUT2D eigenvalue weighted by Gasteiger charge is 2.14. The lowest BCUT2D eigenvalue weighted by molar-refractivity contribution is 0.698. The Labute approximate surface area is 92.5 Å². The zero-order chi connectivity index (χ0) is 10.7. The quantitative estimate of drug-likeness (QED) is 0.852. The molecule has 0 saturated carbocycles. The van der Waals surface area contributed by atoms with Gasteiger partial charge in [-0.15, -0.1) is 5.10 Å². The average Bonchev–Trinajstić information content (AvgIpc) is 2.75. The van der Waals surface area contributed by atoms with Crippen molar-refractivity contribution < 1.29 is 0 Å². The Balaban J connectivity index is 2.31. The maximum Gasteiger partial charge on any atom is 0.0716 e. The lowest BCUT2D eigenvalue weighted by atomic mass is 10.1. The van der Waals surface area contributed by atoms with E-state index in [1.54, 1.807) is 6.20 Å². The molecule has 4 nitrogen and oxygen atoms in total. The van der Waals surface area contributed by atoms with Gasteiger partial charge in [-0.05, 0) is 37.1 Å². The van der Waals surface area contributed by atoms with E-state index in [-0.39, 0.29) is 6.04 Å². The van der Waals surface area contributed by atoms with E-state index in [0.717, 1.165) is 16.1 Å². The van der Waals surface area contributed by atoms with E-state index in [1.165, 1.54) is 11.5 Å². The molecule has 0 radical (unpaired) electrons. The molecule has 78 valence electrons. The normalized spacial score (nSPS) is 12.7. The first kappa shape index (κ1) is 10.2. The van der Waals surface area contributed by atoms with Gasteiger partial charge in [0.25, 0.3) is 0 Å². The van der Waals surface area contributed by atoms with Gasteiger partial charge in [0.2, 0.25) is 0 Å². The molecule has 0 aliphatic heterocycles. The molecule has 5 heteroatoms. The Bertz CT molecular complexity index is 409. The summed E-state index contributed by atoms with van der Waals surface area (Å²) < 4.78 is 3.87. The first-order valence-electron chi connectivity index (χ1n) is 4.68. The Kier molecular flexibility index (Phi) is 3.03. The van der Waals surface area contributed by atoms with Crippen molar-refractivity contribution in [2.24, 2.45) is 0 Å². The molecule has 0 aliphatic rings. The van der Waals surface area contributed by atoms with Crippen LogP contribution in [-0.2, 0) is 0 Å². The van der Waals surface area contributed by atoms with Crippen LogP contribution >= 0.6 is 11.5 Å². The minimum Gasteiger partial charge on any atom is -0.309 e. The van der Waals surface area contributed by atoms with Crippen molar-refractivity contribution >= 4 is 11.5 Å². The summed E-state index contributed by atoms with van der Waals surface area (Å²) in [6, 6.07) is 4.22. The largest absolute Gasteiger partial charge is 0.309 e. The summed E-state index contributed by atoms with van der Waals surface area (Å²) in [6.45, 7) is 1.98. The van der Waals surface area contributed by atoms with Gasteiger partial charge in [-0.1, -0.05) is 10.6 Å². The van der Waals surface area contributed by atoms with Crippen molar-refractivity contribution in [3.8, 4) is 0 Å². The Morgan fingerprint density at radius 3 is 2.73 bits per heavy atom. The molecule has 1 unspecified atom stereocenters. The third kappa shape index (κ3) is 2.19. The fourth-order valence-corrected chi connectivity index (χ4v) is 2.07. The van der Waals surface area contributed by atoms with Crippen LogP contribution in [0.5, 0.6) is 0 Å². The summed E-state index contributed by atoms with van der Waals surface area (Å²) in [5, 5.41) is 7.07. The highest BCUT2D eigenvalue weighted by Crippen LogP contribution is 2.22. The second-order valence-corrected chi connectivity index (χ2v) is 4.09. The SMILES string of the molecule is CNC(c1ccc(C)nc1)c1cnns1. The Morgan fingerprint density at radius 2 is 2.20 bits per heavy atom. The van der Waals surface area contributed by atoms with E-state index in [4.69, 9.17) is 0 Å². The van der Waals surface area contributed by atoms with Crippen LogP contribution in [0.2, 0.25) is 0 Å². The summed E-state index contributed by atoms with van der Waals surface area (Å²) in [7, 11) is 1.92. The number of aryl methyl sites for hydroxylation is 1. The number of pyridine rings is 1. The van der Waals surface area contributed by atoms with Crippen LogP contribution in [0.15, 0.2) is 24.5 Å². The van der Waals surface area contributed by atoms with E-state index >= 15 is 0 Å². The molecule has 2 aromatic heterocycles. The minimum absolute atomic E-state index is 0.137. The summed E-state index contributed by atoms with van der Waals surface area (Å²) in [5.74, 6) is 0. The average molecular weight is 220 g/mol. The van der Waals surface area contributed by atoms with Crippen LogP contribution in [-0.4, -0.2) is 21.6 Å². The van der Waals surface area contributed by atoms with Crippen molar-refractivity contribution in [2.75, 3.05) is 7.05 Å². The standard InChI is InChI=1S/C10H12N4S/c1-7-3-4-8(5-12-7)10(11-2)9-6-13-14-15-9/h3-6,10-11H,1-2H3. The van der Waals surface area contributed by atoms with Crippen LogP contribution in [0, 0.1) is 6.92 Å². The smallest absolute Gasteiger partial charge is 0.0716 e. The third-order valence-electron chi connectivity index (χ3n) is 2.22. The highest BCUT2D eigenvalue weighted by molar-refractivity contribution is 7.05. The Morgan fingerprint density at radius 1 is 1.33 bits per heavy atom. The monoisotopic (exact) mass is 220 g/mol. The molecular formula is C10H12N4S. The van der Waals surface area contributed by atoms with Crippen LogP contribution in [0.25, 0.3) is 0 Å². The topological polar surface area (TPSA) is 50.7 Å². The predicted molar refractivity (Wildman–Crippen MR) is 59.8 cm³/mol. The predicted octanol–water partition coefficient (Wildman–Crippen LogP) is 1.55. The maximum atomic E-state index is 4.28. The van der Waals surface area contributed by atoms with Gasteiger partial charge in [-0.3, -0.25) is 4.98 Å². The molecule has 0 aliphatic carbocycles. The van der Waals surface area contributed by atoms with Crippen LogP contribution < -0.4 is 5.32 Å². The van der Waals surface area contributed by atoms with Gasteiger partial charge in [-0.2, -0.15) is 0 Å². The molecule has 0 amide bonds. The van der Waals surface area contributed by atoms with E-state index < -0.39 is 0 Å². The first-order valence-corrected chi connectivity index (χ1v) is 5.45. The Hall–Kier alpha value is -1.33. The molecule has 2 aromatic rings. The van der Waals surface area contributed by atoms with Gasteiger partial charge in [-0.25, -0.2) is 0 Å². The molecule has 1 atom stereocenters. The molecule has 1 N–H and O–H groups in total. The van der Waals surface area contributed by atoms with Crippen molar-refractivity contribution in [3.05, 3.63) is 40.7 Å². The van der Waals surface area contributed by atoms with Crippen molar-refractivity contribution in [3.63, 3.8) is 0 Å². The van der Waals surface area contributed by atoms with Crippen LogP contribution in [0.1, 0.15) is 22.2 Å². The number of hydrogen-bond donors (Lipinski definition) is 1. The van der Waals surface area contributed by atoms with Gasteiger partial charge < -0.3 is 5.32 Å². The number of rotatable bonds is 3. The van der Waals surface area contributed by atoms with E-state index in [2.05, 4.69) is 26.0 Å². The molecular weight excluding hydrogens is 208 g/mol. The second kappa shape index (κ2) is 4.46. The van der Waals surface area contributed by atoms with E-state index in [9.17, 15) is 0 Å². The maximum absolute atomic E-state index is 4.28. The van der Waals surface area contributed by atoms with Gasteiger partial charge in [0, 0.05) is 11.9 Å². The van der Waals surface area contributed by atoms with Crippen LogP contribution in [0.4, 0.5) is 0 Å². The summed E-state index contributed by atoms with van der Waals surface area (Å²) in [6.07, 6.45) is 3.67. The van der Waals surface area contributed by atoms with Crippen molar-refractivity contribution in [1.29, 1.82) is 0 Å². The number of nitrogens with zero attached hydrogens (tertiary/aromatic N) is 3. The molecule has 0 spiro atoms. The lowest BCUT2D eigenvalue weighted by Gasteiger charge is -2.13.